The van der Waals surface area contributed by atoms with Crippen molar-refractivity contribution in [3.05, 3.63) is 75.8 Å². The molecule has 2 aromatic rings. The number of halogens is 1. The Morgan fingerprint density at radius 3 is 2.79 bits per heavy atom. The first-order valence-electron chi connectivity index (χ1n) is 7.06. The summed E-state index contributed by atoms with van der Waals surface area (Å²) < 4.78 is 5.51. The zero-order valence-electron chi connectivity index (χ0n) is 12.7. The van der Waals surface area contributed by atoms with Gasteiger partial charge in [-0.1, -0.05) is 35.9 Å². The maximum atomic E-state index is 12.0. The molecule has 0 fully saturated rings. The van der Waals surface area contributed by atoms with E-state index in [0.717, 1.165) is 5.56 Å². The van der Waals surface area contributed by atoms with Crippen LogP contribution in [0.4, 0.5) is 11.4 Å². The molecule has 0 spiro atoms. The number of rotatable bonds is 7. The summed E-state index contributed by atoms with van der Waals surface area (Å²) in [5.74, 6) is 0.162. The lowest BCUT2D eigenvalue weighted by molar-refractivity contribution is -0.384. The lowest BCUT2D eigenvalue weighted by Gasteiger charge is -2.10. The smallest absolute Gasteiger partial charge is 0.289 e. The maximum Gasteiger partial charge on any atom is 0.289 e. The summed E-state index contributed by atoms with van der Waals surface area (Å²) in [7, 11) is 0. The van der Waals surface area contributed by atoms with E-state index in [0.29, 0.717) is 12.2 Å². The Bertz CT molecular complexity index is 777. The summed E-state index contributed by atoms with van der Waals surface area (Å²) in [6, 6.07) is 11.4. The first-order valence-corrected chi connectivity index (χ1v) is 7.44. The Kier molecular flexibility index (Phi) is 5.92. The molecule has 24 heavy (non-hydrogen) atoms. The van der Waals surface area contributed by atoms with Crippen LogP contribution in [0.25, 0.3) is 0 Å². The molecule has 0 bridgehead atoms. The van der Waals surface area contributed by atoms with Crippen molar-refractivity contribution in [3.63, 3.8) is 0 Å². The van der Waals surface area contributed by atoms with Gasteiger partial charge in [-0.15, -0.1) is 6.58 Å². The lowest BCUT2D eigenvalue weighted by atomic mass is 10.1. The predicted molar refractivity (Wildman–Crippen MR) is 92.6 cm³/mol. The van der Waals surface area contributed by atoms with Crippen LogP contribution < -0.4 is 10.1 Å². The van der Waals surface area contributed by atoms with E-state index >= 15 is 0 Å². The maximum absolute atomic E-state index is 12.0. The summed E-state index contributed by atoms with van der Waals surface area (Å²) in [5.41, 5.74) is 0.924. The monoisotopic (exact) mass is 346 g/mol. The molecule has 0 aliphatic carbocycles. The molecule has 2 aromatic carbocycles. The van der Waals surface area contributed by atoms with Crippen molar-refractivity contribution < 1.29 is 14.5 Å². The van der Waals surface area contributed by atoms with Gasteiger partial charge in [0.15, 0.2) is 6.61 Å². The molecule has 0 aliphatic heterocycles. The number of nitrogens with one attached hydrogen (secondary N) is 1. The molecule has 124 valence electrons. The summed E-state index contributed by atoms with van der Waals surface area (Å²) in [5, 5.41) is 13.4. The van der Waals surface area contributed by atoms with E-state index in [9.17, 15) is 14.9 Å². The zero-order chi connectivity index (χ0) is 17.5. The van der Waals surface area contributed by atoms with Gasteiger partial charge in [0.2, 0.25) is 0 Å². The quantitative estimate of drug-likeness (QED) is 0.467. The van der Waals surface area contributed by atoms with Gasteiger partial charge >= 0.3 is 0 Å². The number of amides is 1. The van der Waals surface area contributed by atoms with E-state index in [-0.39, 0.29) is 23.0 Å². The van der Waals surface area contributed by atoms with Crippen LogP contribution in [0.15, 0.2) is 55.1 Å². The highest BCUT2D eigenvalue weighted by Crippen LogP contribution is 2.27. The van der Waals surface area contributed by atoms with E-state index in [1.165, 1.54) is 18.2 Å². The molecule has 0 unspecified atom stereocenters. The van der Waals surface area contributed by atoms with Crippen LogP contribution in [0.3, 0.4) is 0 Å². The molecular formula is C17H15ClN2O4. The minimum absolute atomic E-state index is 0.00704. The molecule has 0 radical (unpaired) electrons. The molecule has 2 rings (SSSR count). The van der Waals surface area contributed by atoms with Crippen molar-refractivity contribution >= 4 is 28.9 Å². The van der Waals surface area contributed by atoms with Gasteiger partial charge in [-0.25, -0.2) is 0 Å². The molecule has 0 heterocycles. The number of carbonyl (C=O) groups is 1. The average molecular weight is 347 g/mol. The molecule has 1 amide bonds. The minimum Gasteiger partial charge on any atom is -0.483 e. The molecule has 0 saturated heterocycles. The number of nitro groups is 1. The van der Waals surface area contributed by atoms with Crippen molar-refractivity contribution in [2.75, 3.05) is 11.9 Å². The van der Waals surface area contributed by atoms with Gasteiger partial charge in [0.05, 0.1) is 4.92 Å². The molecule has 0 aliphatic rings. The predicted octanol–water partition coefficient (Wildman–Crippen LogP) is 3.99. The van der Waals surface area contributed by atoms with E-state index < -0.39 is 10.8 Å². The van der Waals surface area contributed by atoms with Crippen LogP contribution in [0.1, 0.15) is 5.56 Å². The van der Waals surface area contributed by atoms with Gasteiger partial charge in [0.25, 0.3) is 11.6 Å². The van der Waals surface area contributed by atoms with Crippen molar-refractivity contribution in [1.82, 2.24) is 0 Å². The molecule has 7 heteroatoms. The zero-order valence-corrected chi connectivity index (χ0v) is 13.5. The van der Waals surface area contributed by atoms with Crippen LogP contribution in [-0.2, 0) is 11.2 Å². The Labute approximate surface area is 143 Å². The summed E-state index contributed by atoms with van der Waals surface area (Å²) >= 11 is 5.73. The summed E-state index contributed by atoms with van der Waals surface area (Å²) in [4.78, 5) is 22.2. The number of benzene rings is 2. The molecule has 0 atom stereocenters. The second kappa shape index (κ2) is 8.12. The molecule has 1 N–H and O–H groups in total. The van der Waals surface area contributed by atoms with E-state index in [1.54, 1.807) is 12.1 Å². The second-order valence-corrected chi connectivity index (χ2v) is 5.27. The molecule has 0 aromatic heterocycles. The van der Waals surface area contributed by atoms with Gasteiger partial charge in [-0.3, -0.25) is 14.9 Å². The number of carbonyl (C=O) groups excluding carboxylic acids is 1. The first kappa shape index (κ1) is 17.5. The normalized spacial score (nSPS) is 10.0. The standard InChI is InChI=1S/C17H15ClN2O4/c1-2-5-12-6-3-4-7-16(12)24-11-17(21)19-13-8-9-14(18)15(10-13)20(22)23/h2-4,6-10H,1,5,11H2,(H,19,21). The highest BCUT2D eigenvalue weighted by atomic mass is 35.5. The summed E-state index contributed by atoms with van der Waals surface area (Å²) in [6.07, 6.45) is 2.37. The van der Waals surface area contributed by atoms with Crippen LogP contribution >= 0.6 is 11.6 Å². The van der Waals surface area contributed by atoms with Crippen molar-refractivity contribution in [1.29, 1.82) is 0 Å². The topological polar surface area (TPSA) is 81.5 Å². The van der Waals surface area contributed by atoms with E-state index in [1.807, 2.05) is 18.2 Å². The van der Waals surface area contributed by atoms with Crippen LogP contribution in [0.5, 0.6) is 5.75 Å². The number of anilines is 1. The number of allylic oxidation sites excluding steroid dienone is 1. The number of ether oxygens (including phenoxy) is 1. The fourth-order valence-electron chi connectivity index (χ4n) is 2.04. The highest BCUT2D eigenvalue weighted by Gasteiger charge is 2.14. The largest absolute Gasteiger partial charge is 0.483 e. The Morgan fingerprint density at radius 1 is 1.33 bits per heavy atom. The molecule has 0 saturated carbocycles. The van der Waals surface area contributed by atoms with Crippen LogP contribution in [-0.4, -0.2) is 17.4 Å². The van der Waals surface area contributed by atoms with Gasteiger partial charge < -0.3 is 10.1 Å². The minimum atomic E-state index is -0.611. The summed E-state index contributed by atoms with van der Waals surface area (Å²) in [6.45, 7) is 3.46. The Balaban J connectivity index is 2.00. The SMILES string of the molecule is C=CCc1ccccc1OCC(=O)Nc1ccc(Cl)c([N+](=O)[O-])c1. The third-order valence-corrected chi connectivity index (χ3v) is 3.44. The van der Waals surface area contributed by atoms with Crippen molar-refractivity contribution in [2.24, 2.45) is 0 Å². The van der Waals surface area contributed by atoms with Gasteiger partial charge in [0, 0.05) is 11.8 Å². The van der Waals surface area contributed by atoms with Gasteiger partial charge in [-0.2, -0.15) is 0 Å². The van der Waals surface area contributed by atoms with Crippen LogP contribution in [0.2, 0.25) is 5.02 Å². The van der Waals surface area contributed by atoms with E-state index in [2.05, 4.69) is 11.9 Å². The molecule has 6 nitrogen and oxygen atoms in total. The lowest BCUT2D eigenvalue weighted by Crippen LogP contribution is -2.20. The van der Waals surface area contributed by atoms with Crippen LogP contribution in [0, 0.1) is 10.1 Å². The van der Waals surface area contributed by atoms with Gasteiger partial charge in [-0.05, 0) is 30.2 Å². The Morgan fingerprint density at radius 2 is 2.08 bits per heavy atom. The number of para-hydroxylation sites is 1. The molecular weight excluding hydrogens is 332 g/mol. The Hall–Kier alpha value is -2.86. The van der Waals surface area contributed by atoms with Gasteiger partial charge in [0.1, 0.15) is 10.8 Å². The number of nitro benzene ring substituents is 1. The number of hydrogen-bond donors (Lipinski definition) is 1. The van der Waals surface area contributed by atoms with Crippen molar-refractivity contribution in [2.45, 2.75) is 6.42 Å². The number of hydrogen-bond acceptors (Lipinski definition) is 4. The van der Waals surface area contributed by atoms with Crippen molar-refractivity contribution in [3.8, 4) is 5.75 Å². The fraction of sp³-hybridized carbons (Fsp3) is 0.118. The fourth-order valence-corrected chi connectivity index (χ4v) is 2.23. The van der Waals surface area contributed by atoms with E-state index in [4.69, 9.17) is 16.3 Å². The first-order chi connectivity index (χ1) is 11.5. The third-order valence-electron chi connectivity index (χ3n) is 3.12. The second-order valence-electron chi connectivity index (χ2n) is 4.86. The average Bonchev–Trinajstić information content (AvgIpc) is 2.56. The number of nitrogens with zero attached hydrogens (tertiary/aromatic N) is 1. The third kappa shape index (κ3) is 4.57. The highest BCUT2D eigenvalue weighted by molar-refractivity contribution is 6.32.